The van der Waals surface area contributed by atoms with E-state index in [2.05, 4.69) is 15.9 Å². The Morgan fingerprint density at radius 2 is 1.46 bits per heavy atom. The van der Waals surface area contributed by atoms with Crippen molar-refractivity contribution in [2.24, 2.45) is 11.8 Å². The molecule has 2 fully saturated rings. The maximum absolute atomic E-state index is 12.8. The monoisotopic (exact) mass is 454 g/mol. The van der Waals surface area contributed by atoms with Gasteiger partial charge in [0.15, 0.2) is 0 Å². The van der Waals surface area contributed by atoms with Crippen LogP contribution in [0.1, 0.15) is 0 Å². The molecule has 0 N–H and O–H groups in total. The molecule has 2 amide bonds. The molecule has 0 radical (unpaired) electrons. The number of fused-ring (bicyclic) bond motifs is 1. The minimum absolute atomic E-state index is 0.250. The summed E-state index contributed by atoms with van der Waals surface area (Å²) in [5.41, 5.74) is 0.410. The van der Waals surface area contributed by atoms with Crippen LogP contribution in [0.25, 0.3) is 0 Å². The quantitative estimate of drug-likeness (QED) is 0.651. The average molecular weight is 456 g/mol. The molecular formula is C18H13BrCl2N2O3. The lowest BCUT2D eigenvalue weighted by molar-refractivity contribution is -0.125. The van der Waals surface area contributed by atoms with Crippen molar-refractivity contribution in [3.63, 3.8) is 0 Å². The highest BCUT2D eigenvalue weighted by molar-refractivity contribution is 9.10. The number of anilines is 1. The molecule has 2 aliphatic rings. The van der Waals surface area contributed by atoms with Crippen LogP contribution in [0.4, 0.5) is 5.69 Å². The minimum Gasteiger partial charge on any atom is -0.406 e. The third kappa shape index (κ3) is 3.22. The molecule has 2 aliphatic heterocycles. The first kappa shape index (κ1) is 17.8. The molecule has 2 heterocycles. The highest BCUT2D eigenvalue weighted by Gasteiger charge is 2.53. The topological polar surface area (TPSA) is 49.9 Å². The first-order valence-electron chi connectivity index (χ1n) is 7.95. The van der Waals surface area contributed by atoms with Crippen molar-refractivity contribution >= 4 is 56.6 Å². The summed E-state index contributed by atoms with van der Waals surface area (Å²) in [5, 5.41) is 2.42. The Labute approximate surface area is 168 Å². The van der Waals surface area contributed by atoms with Gasteiger partial charge in [0, 0.05) is 27.6 Å². The van der Waals surface area contributed by atoms with Crippen LogP contribution in [0, 0.1) is 11.8 Å². The Morgan fingerprint density at radius 3 is 2.00 bits per heavy atom. The molecular weight excluding hydrogens is 443 g/mol. The van der Waals surface area contributed by atoms with Gasteiger partial charge in [-0.05, 0) is 42.5 Å². The molecule has 0 aliphatic carbocycles. The predicted molar refractivity (Wildman–Crippen MR) is 102 cm³/mol. The number of amides is 2. The molecule has 134 valence electrons. The fraction of sp³-hybridized carbons (Fsp3) is 0.222. The summed E-state index contributed by atoms with van der Waals surface area (Å²) < 4.78 is 0.948. The van der Waals surface area contributed by atoms with Crippen molar-refractivity contribution in [2.45, 2.75) is 0 Å². The molecule has 2 aromatic rings. The molecule has 2 saturated heterocycles. The van der Waals surface area contributed by atoms with Gasteiger partial charge in [0.2, 0.25) is 11.8 Å². The van der Waals surface area contributed by atoms with Gasteiger partial charge in [0.05, 0.1) is 17.5 Å². The van der Waals surface area contributed by atoms with E-state index in [4.69, 9.17) is 28.0 Å². The third-order valence-corrected chi connectivity index (χ3v) is 5.48. The Bertz CT molecular complexity index is 846. The van der Waals surface area contributed by atoms with E-state index in [0.717, 1.165) is 4.47 Å². The molecule has 5 nitrogen and oxygen atoms in total. The number of hydrogen-bond acceptors (Lipinski definition) is 4. The van der Waals surface area contributed by atoms with Gasteiger partial charge in [0.1, 0.15) is 5.75 Å². The first-order valence-corrected chi connectivity index (χ1v) is 9.49. The van der Waals surface area contributed by atoms with E-state index in [9.17, 15) is 9.59 Å². The second kappa shape index (κ2) is 6.85. The molecule has 26 heavy (non-hydrogen) atoms. The van der Waals surface area contributed by atoms with Crippen LogP contribution >= 0.6 is 39.1 Å². The highest BCUT2D eigenvalue weighted by Crippen LogP contribution is 2.38. The van der Waals surface area contributed by atoms with Gasteiger partial charge in [-0.15, -0.1) is 5.06 Å². The van der Waals surface area contributed by atoms with Gasteiger partial charge in [-0.25, -0.2) is 4.90 Å². The number of benzene rings is 2. The van der Waals surface area contributed by atoms with Crippen LogP contribution < -0.4 is 9.74 Å². The maximum atomic E-state index is 12.8. The molecule has 2 aromatic carbocycles. The highest BCUT2D eigenvalue weighted by atomic mass is 79.9. The largest absolute Gasteiger partial charge is 0.406 e. The number of rotatable bonds is 3. The van der Waals surface area contributed by atoms with Gasteiger partial charge in [-0.1, -0.05) is 39.1 Å². The summed E-state index contributed by atoms with van der Waals surface area (Å²) in [7, 11) is 0. The Balaban J connectivity index is 1.51. The summed E-state index contributed by atoms with van der Waals surface area (Å²) in [5.74, 6) is -0.710. The third-order valence-electron chi connectivity index (χ3n) is 4.52. The fourth-order valence-electron chi connectivity index (χ4n) is 3.35. The van der Waals surface area contributed by atoms with E-state index < -0.39 is 11.8 Å². The zero-order valence-electron chi connectivity index (χ0n) is 13.4. The number of carbonyl (C=O) groups excluding carboxylic acids is 2. The number of nitrogens with zero attached hydrogens (tertiary/aromatic N) is 2. The summed E-state index contributed by atoms with van der Waals surface area (Å²) >= 11 is 15.4. The summed E-state index contributed by atoms with van der Waals surface area (Å²) in [6.45, 7) is 0.714. The van der Waals surface area contributed by atoms with Crippen LogP contribution in [-0.2, 0) is 9.59 Å². The van der Waals surface area contributed by atoms with Crippen molar-refractivity contribution in [1.82, 2.24) is 5.06 Å². The van der Waals surface area contributed by atoms with E-state index in [1.807, 2.05) is 24.3 Å². The SMILES string of the molecule is O=C1C2CN(Oc3ccc(Br)cc3)CC2C(=O)N1c1cc(Cl)cc(Cl)c1. The van der Waals surface area contributed by atoms with Gasteiger partial charge in [0.25, 0.3) is 0 Å². The van der Waals surface area contributed by atoms with E-state index >= 15 is 0 Å². The second-order valence-corrected chi connectivity index (χ2v) is 8.03. The van der Waals surface area contributed by atoms with Crippen LogP contribution in [0.2, 0.25) is 10.0 Å². The van der Waals surface area contributed by atoms with E-state index in [1.54, 1.807) is 23.3 Å². The normalized spacial score (nSPS) is 22.8. The molecule has 2 unspecified atom stereocenters. The molecule has 0 aromatic heterocycles. The van der Waals surface area contributed by atoms with E-state index in [0.29, 0.717) is 34.6 Å². The number of halogens is 3. The lowest BCUT2D eigenvalue weighted by Crippen LogP contribution is -2.37. The zero-order valence-corrected chi connectivity index (χ0v) is 16.5. The molecule has 2 atom stereocenters. The molecule has 0 spiro atoms. The standard InChI is InChI=1S/C18H13BrCl2N2O3/c19-10-1-3-14(4-2-10)26-22-8-15-16(9-22)18(25)23(17(15)24)13-6-11(20)5-12(21)7-13/h1-7,15-16H,8-9H2. The maximum Gasteiger partial charge on any atom is 0.239 e. The van der Waals surface area contributed by atoms with Gasteiger partial charge >= 0.3 is 0 Å². The van der Waals surface area contributed by atoms with Gasteiger partial charge < -0.3 is 4.84 Å². The molecule has 8 heteroatoms. The first-order chi connectivity index (χ1) is 12.4. The number of hydroxylamine groups is 2. The van der Waals surface area contributed by atoms with E-state index in [1.165, 1.54) is 4.90 Å². The van der Waals surface area contributed by atoms with Crippen LogP contribution in [-0.4, -0.2) is 30.0 Å². The zero-order chi connectivity index (χ0) is 18.4. The van der Waals surface area contributed by atoms with Crippen molar-refractivity contribution in [3.05, 3.63) is 57.0 Å². The van der Waals surface area contributed by atoms with Crippen molar-refractivity contribution in [2.75, 3.05) is 18.0 Å². The predicted octanol–water partition coefficient (Wildman–Crippen LogP) is 4.17. The second-order valence-electron chi connectivity index (χ2n) is 6.24. The van der Waals surface area contributed by atoms with E-state index in [-0.39, 0.29) is 11.8 Å². The average Bonchev–Trinajstić information content (AvgIpc) is 3.08. The van der Waals surface area contributed by atoms with Crippen molar-refractivity contribution < 1.29 is 14.4 Å². The van der Waals surface area contributed by atoms with Gasteiger partial charge in [-0.2, -0.15) is 0 Å². The van der Waals surface area contributed by atoms with Crippen LogP contribution in [0.15, 0.2) is 46.9 Å². The smallest absolute Gasteiger partial charge is 0.239 e. The fourth-order valence-corrected chi connectivity index (χ4v) is 4.13. The Hall–Kier alpha value is -1.60. The lowest BCUT2D eigenvalue weighted by atomic mass is 10.00. The van der Waals surface area contributed by atoms with Crippen LogP contribution in [0.3, 0.4) is 0 Å². The summed E-state index contributed by atoms with van der Waals surface area (Å²) in [4.78, 5) is 32.6. The van der Waals surface area contributed by atoms with Gasteiger partial charge in [-0.3, -0.25) is 9.59 Å². The minimum atomic E-state index is -0.435. The molecule has 0 saturated carbocycles. The molecule has 4 rings (SSSR count). The Kier molecular flexibility index (Phi) is 4.69. The number of carbonyl (C=O) groups is 2. The lowest BCUT2D eigenvalue weighted by Gasteiger charge is -2.21. The van der Waals surface area contributed by atoms with Crippen LogP contribution in [0.5, 0.6) is 5.75 Å². The Morgan fingerprint density at radius 1 is 0.923 bits per heavy atom. The molecule has 0 bridgehead atoms. The number of hydrogen-bond donors (Lipinski definition) is 0. The number of imide groups is 1. The van der Waals surface area contributed by atoms with Crippen molar-refractivity contribution in [1.29, 1.82) is 0 Å². The summed E-state index contributed by atoms with van der Waals surface area (Å²) in [6, 6.07) is 12.1. The summed E-state index contributed by atoms with van der Waals surface area (Å²) in [6.07, 6.45) is 0. The van der Waals surface area contributed by atoms with Crippen molar-refractivity contribution in [3.8, 4) is 5.75 Å².